The lowest BCUT2D eigenvalue weighted by Gasteiger charge is -2.11. The summed E-state index contributed by atoms with van der Waals surface area (Å²) in [5, 5.41) is 7.00. The Hall–Kier alpha value is -1.96. The van der Waals surface area contributed by atoms with Crippen molar-refractivity contribution in [3.05, 3.63) is 39.6 Å². The highest BCUT2D eigenvalue weighted by Gasteiger charge is 2.13. The maximum atomic E-state index is 12.2. The van der Waals surface area contributed by atoms with Crippen molar-refractivity contribution in [2.24, 2.45) is 0 Å². The lowest BCUT2D eigenvalue weighted by molar-refractivity contribution is -0.117. The molecule has 0 aliphatic carbocycles. The van der Waals surface area contributed by atoms with Crippen LogP contribution in [-0.4, -0.2) is 22.3 Å². The van der Waals surface area contributed by atoms with E-state index in [0.29, 0.717) is 11.3 Å². The Bertz CT molecular complexity index is 732. The van der Waals surface area contributed by atoms with Gasteiger partial charge in [0.25, 0.3) is 0 Å². The van der Waals surface area contributed by atoms with Crippen LogP contribution < -0.4 is 10.1 Å². The number of amides is 1. The first-order chi connectivity index (χ1) is 10.8. The quantitative estimate of drug-likeness (QED) is 0.848. The van der Waals surface area contributed by atoms with Gasteiger partial charge in [0, 0.05) is 5.69 Å². The van der Waals surface area contributed by atoms with Gasteiger partial charge in [-0.3, -0.25) is 9.48 Å². The SMILES string of the molecule is Cc1cc(OC(F)F)ccc1NC(=O)Cn1nc(C)c(Br)c1C. The van der Waals surface area contributed by atoms with Gasteiger partial charge in [0.2, 0.25) is 5.91 Å². The predicted octanol–water partition coefficient (Wildman–Crippen LogP) is 3.81. The van der Waals surface area contributed by atoms with Crippen LogP contribution in [-0.2, 0) is 11.3 Å². The fourth-order valence-corrected chi connectivity index (χ4v) is 2.39. The molecule has 2 aromatic rings. The van der Waals surface area contributed by atoms with Gasteiger partial charge in [-0.15, -0.1) is 0 Å². The molecule has 1 amide bonds. The van der Waals surface area contributed by atoms with Crippen LogP contribution in [0.3, 0.4) is 0 Å². The number of aromatic nitrogens is 2. The average Bonchev–Trinajstić information content (AvgIpc) is 2.69. The number of ether oxygens (including phenoxy) is 1. The zero-order valence-corrected chi connectivity index (χ0v) is 14.4. The number of carbonyl (C=O) groups excluding carboxylic acids is 1. The van der Waals surface area contributed by atoms with Crippen molar-refractivity contribution in [3.8, 4) is 5.75 Å². The molecule has 1 aromatic carbocycles. The number of aryl methyl sites for hydroxylation is 2. The van der Waals surface area contributed by atoms with E-state index in [4.69, 9.17) is 0 Å². The molecule has 0 atom stereocenters. The Balaban J connectivity index is 2.06. The van der Waals surface area contributed by atoms with Crippen molar-refractivity contribution in [3.63, 3.8) is 0 Å². The fraction of sp³-hybridized carbons (Fsp3) is 0.333. The van der Waals surface area contributed by atoms with E-state index in [1.807, 2.05) is 13.8 Å². The van der Waals surface area contributed by atoms with Crippen LogP contribution >= 0.6 is 15.9 Å². The number of rotatable bonds is 5. The van der Waals surface area contributed by atoms with Crippen LogP contribution in [0.5, 0.6) is 5.75 Å². The molecule has 1 aromatic heterocycles. The van der Waals surface area contributed by atoms with Crippen molar-refractivity contribution >= 4 is 27.5 Å². The van der Waals surface area contributed by atoms with E-state index in [1.54, 1.807) is 11.6 Å². The molecule has 0 saturated heterocycles. The second-order valence-corrected chi connectivity index (χ2v) is 5.84. The number of hydrogen-bond acceptors (Lipinski definition) is 3. The molecule has 0 spiro atoms. The lowest BCUT2D eigenvalue weighted by Crippen LogP contribution is -2.20. The summed E-state index contributed by atoms with van der Waals surface area (Å²) in [5.74, 6) is -0.202. The summed E-state index contributed by atoms with van der Waals surface area (Å²) in [4.78, 5) is 12.1. The number of carbonyl (C=O) groups is 1. The molecule has 2 rings (SSSR count). The van der Waals surface area contributed by atoms with Gasteiger partial charge in [0.05, 0.1) is 15.9 Å². The minimum absolute atomic E-state index is 0.0537. The van der Waals surface area contributed by atoms with Gasteiger partial charge < -0.3 is 10.1 Å². The normalized spacial score (nSPS) is 10.9. The van der Waals surface area contributed by atoms with E-state index >= 15 is 0 Å². The summed E-state index contributed by atoms with van der Waals surface area (Å²) in [7, 11) is 0. The third-order valence-corrected chi connectivity index (χ3v) is 4.43. The first-order valence-electron chi connectivity index (χ1n) is 6.82. The second-order valence-electron chi connectivity index (χ2n) is 5.05. The van der Waals surface area contributed by atoms with Crippen LogP contribution in [0.25, 0.3) is 0 Å². The van der Waals surface area contributed by atoms with Crippen molar-refractivity contribution in [2.45, 2.75) is 33.9 Å². The van der Waals surface area contributed by atoms with Crippen LogP contribution in [0.1, 0.15) is 17.0 Å². The lowest BCUT2D eigenvalue weighted by atomic mass is 10.2. The molecule has 0 aliphatic heterocycles. The number of hydrogen-bond donors (Lipinski definition) is 1. The number of nitrogens with zero attached hydrogens (tertiary/aromatic N) is 2. The molecule has 0 saturated carbocycles. The zero-order chi connectivity index (χ0) is 17.1. The van der Waals surface area contributed by atoms with E-state index in [0.717, 1.165) is 15.9 Å². The molecule has 0 unspecified atom stereocenters. The number of alkyl halides is 2. The molecule has 0 bridgehead atoms. The molecule has 1 heterocycles. The first-order valence-corrected chi connectivity index (χ1v) is 7.62. The molecule has 23 heavy (non-hydrogen) atoms. The molecule has 0 fully saturated rings. The van der Waals surface area contributed by atoms with E-state index in [1.165, 1.54) is 18.2 Å². The van der Waals surface area contributed by atoms with Crippen molar-refractivity contribution in [2.75, 3.05) is 5.32 Å². The maximum Gasteiger partial charge on any atom is 0.387 e. The second kappa shape index (κ2) is 7.08. The summed E-state index contributed by atoms with van der Waals surface area (Å²) < 4.78 is 31.1. The monoisotopic (exact) mass is 387 g/mol. The van der Waals surface area contributed by atoms with Crippen LogP contribution in [0.2, 0.25) is 0 Å². The standard InChI is InChI=1S/C15H16BrF2N3O2/c1-8-6-11(23-15(17)18)4-5-12(8)19-13(22)7-21-10(3)14(16)9(2)20-21/h4-6,15H,7H2,1-3H3,(H,19,22). The summed E-state index contributed by atoms with van der Waals surface area (Å²) in [6, 6.07) is 4.36. The molecule has 8 heteroatoms. The maximum absolute atomic E-state index is 12.2. The Morgan fingerprint density at radius 3 is 2.61 bits per heavy atom. The molecule has 1 N–H and O–H groups in total. The summed E-state index contributed by atoms with van der Waals surface area (Å²) >= 11 is 3.41. The van der Waals surface area contributed by atoms with Crippen molar-refractivity contribution in [1.29, 1.82) is 0 Å². The topological polar surface area (TPSA) is 56.1 Å². The van der Waals surface area contributed by atoms with E-state index in [-0.39, 0.29) is 18.2 Å². The van der Waals surface area contributed by atoms with Gasteiger partial charge in [-0.2, -0.15) is 13.9 Å². The Morgan fingerprint density at radius 2 is 2.09 bits per heavy atom. The van der Waals surface area contributed by atoms with Crippen molar-refractivity contribution in [1.82, 2.24) is 9.78 Å². The molecule has 0 radical (unpaired) electrons. The Kier molecular flexibility index (Phi) is 5.35. The summed E-state index contributed by atoms with van der Waals surface area (Å²) in [6.45, 7) is 2.59. The number of benzene rings is 1. The number of halogens is 3. The Morgan fingerprint density at radius 1 is 1.39 bits per heavy atom. The summed E-state index contributed by atoms with van der Waals surface area (Å²) in [5.41, 5.74) is 2.83. The Labute approximate surface area is 140 Å². The van der Waals surface area contributed by atoms with Gasteiger partial charge in [0.1, 0.15) is 12.3 Å². The highest BCUT2D eigenvalue weighted by molar-refractivity contribution is 9.10. The van der Waals surface area contributed by atoms with Gasteiger partial charge in [-0.25, -0.2) is 0 Å². The zero-order valence-electron chi connectivity index (χ0n) is 12.9. The first kappa shape index (κ1) is 17.4. The van der Waals surface area contributed by atoms with Gasteiger partial charge >= 0.3 is 6.61 Å². The fourth-order valence-electron chi connectivity index (χ4n) is 2.11. The van der Waals surface area contributed by atoms with E-state index in [2.05, 4.69) is 31.1 Å². The minimum atomic E-state index is -2.88. The smallest absolute Gasteiger partial charge is 0.387 e. The van der Waals surface area contributed by atoms with E-state index < -0.39 is 6.61 Å². The van der Waals surface area contributed by atoms with Crippen LogP contribution in [0.15, 0.2) is 22.7 Å². The molecule has 0 aliphatic rings. The summed E-state index contributed by atoms with van der Waals surface area (Å²) in [6.07, 6.45) is 0. The van der Waals surface area contributed by atoms with Crippen molar-refractivity contribution < 1.29 is 18.3 Å². The third kappa shape index (κ3) is 4.28. The minimum Gasteiger partial charge on any atom is -0.435 e. The molecule has 124 valence electrons. The highest BCUT2D eigenvalue weighted by Crippen LogP contribution is 2.23. The molecule has 5 nitrogen and oxygen atoms in total. The highest BCUT2D eigenvalue weighted by atomic mass is 79.9. The number of anilines is 1. The third-order valence-electron chi connectivity index (χ3n) is 3.28. The predicted molar refractivity (Wildman–Crippen MR) is 85.8 cm³/mol. The molecular weight excluding hydrogens is 372 g/mol. The molecular formula is C15H16BrF2N3O2. The van der Waals surface area contributed by atoms with Crippen LogP contribution in [0, 0.1) is 20.8 Å². The van der Waals surface area contributed by atoms with Gasteiger partial charge in [-0.1, -0.05) is 0 Å². The van der Waals surface area contributed by atoms with Gasteiger partial charge in [0.15, 0.2) is 0 Å². The van der Waals surface area contributed by atoms with E-state index in [9.17, 15) is 13.6 Å². The number of nitrogens with one attached hydrogen (secondary N) is 1. The van der Waals surface area contributed by atoms with Crippen LogP contribution in [0.4, 0.5) is 14.5 Å². The average molecular weight is 388 g/mol. The van der Waals surface area contributed by atoms with Gasteiger partial charge in [-0.05, 0) is 60.5 Å². The largest absolute Gasteiger partial charge is 0.435 e.